The van der Waals surface area contributed by atoms with Crippen molar-refractivity contribution in [3.63, 3.8) is 0 Å². The molecule has 1 aliphatic heterocycles. The average Bonchev–Trinajstić information content (AvgIpc) is 3.40. The minimum absolute atomic E-state index is 0.158. The maximum Gasteiger partial charge on any atom is 0.243 e. The monoisotopic (exact) mass is 422 g/mol. The summed E-state index contributed by atoms with van der Waals surface area (Å²) in [6.45, 7) is 8.11. The van der Waals surface area contributed by atoms with Crippen LogP contribution < -0.4 is 20.9 Å². The normalized spacial score (nSPS) is 18.3. The summed E-state index contributed by atoms with van der Waals surface area (Å²) in [6.07, 6.45) is 3.60. The van der Waals surface area contributed by atoms with Crippen LogP contribution in [0.1, 0.15) is 33.1 Å². The lowest BCUT2D eigenvalue weighted by Crippen LogP contribution is -2.46. The van der Waals surface area contributed by atoms with Gasteiger partial charge in [0.05, 0.1) is 6.07 Å². The quantitative estimate of drug-likeness (QED) is 0.600. The van der Waals surface area contributed by atoms with Gasteiger partial charge in [-0.1, -0.05) is 31.1 Å². The molecule has 1 saturated heterocycles. The average molecular weight is 423 g/mol. The van der Waals surface area contributed by atoms with E-state index < -0.39 is 11.6 Å². The Kier molecular flexibility index (Phi) is 6.14. The molecule has 2 aromatic rings. The fourth-order valence-corrected chi connectivity index (χ4v) is 3.90. The van der Waals surface area contributed by atoms with Crippen molar-refractivity contribution in [2.24, 2.45) is 5.92 Å². The molecule has 164 valence electrons. The lowest BCUT2D eigenvalue weighted by atomic mass is 10.0. The van der Waals surface area contributed by atoms with Crippen LogP contribution >= 0.6 is 0 Å². The molecule has 1 aliphatic carbocycles. The number of hydrogen-bond acceptors (Lipinski definition) is 7. The van der Waals surface area contributed by atoms with Crippen LogP contribution in [0.15, 0.2) is 35.1 Å². The van der Waals surface area contributed by atoms with Gasteiger partial charge < -0.3 is 25.4 Å². The van der Waals surface area contributed by atoms with Gasteiger partial charge in [-0.25, -0.2) is 0 Å². The molecule has 0 bridgehead atoms. The number of aromatic nitrogens is 1. The van der Waals surface area contributed by atoms with Crippen molar-refractivity contribution in [3.05, 3.63) is 30.5 Å². The Bertz CT molecular complexity index is 936. The summed E-state index contributed by atoms with van der Waals surface area (Å²) in [5.41, 5.74) is 2.78. The summed E-state index contributed by atoms with van der Waals surface area (Å²) in [5, 5.41) is 23.1. The first kappa shape index (κ1) is 21.2. The maximum absolute atomic E-state index is 12.9. The van der Waals surface area contributed by atoms with E-state index in [1.807, 2.05) is 12.1 Å². The molecule has 2 heterocycles. The van der Waals surface area contributed by atoms with Gasteiger partial charge in [0.1, 0.15) is 29.2 Å². The van der Waals surface area contributed by atoms with Crippen molar-refractivity contribution >= 4 is 17.3 Å². The Morgan fingerprint density at radius 3 is 2.61 bits per heavy atom. The zero-order chi connectivity index (χ0) is 21.8. The minimum Gasteiger partial charge on any atom is -0.369 e. The number of benzene rings is 1. The second-order valence-corrected chi connectivity index (χ2v) is 8.87. The van der Waals surface area contributed by atoms with Gasteiger partial charge in [-0.05, 0) is 37.3 Å². The van der Waals surface area contributed by atoms with Crippen LogP contribution in [0.3, 0.4) is 0 Å². The second-order valence-electron chi connectivity index (χ2n) is 8.87. The molecule has 1 amide bonds. The summed E-state index contributed by atoms with van der Waals surface area (Å²) in [4.78, 5) is 15.3. The Hall–Kier alpha value is -3.05. The van der Waals surface area contributed by atoms with Crippen molar-refractivity contribution in [2.75, 3.05) is 36.4 Å². The van der Waals surface area contributed by atoms with Gasteiger partial charge in [-0.15, -0.1) is 0 Å². The minimum atomic E-state index is -0.689. The van der Waals surface area contributed by atoms with Crippen molar-refractivity contribution in [3.8, 4) is 17.3 Å². The van der Waals surface area contributed by atoms with E-state index in [4.69, 9.17) is 4.52 Å². The molecule has 0 spiro atoms. The van der Waals surface area contributed by atoms with E-state index in [9.17, 15) is 10.1 Å². The summed E-state index contributed by atoms with van der Waals surface area (Å²) >= 11 is 0. The molecule has 8 nitrogen and oxygen atoms in total. The molecule has 2 aliphatic rings. The van der Waals surface area contributed by atoms with Gasteiger partial charge in [0.25, 0.3) is 0 Å². The first-order chi connectivity index (χ1) is 15.0. The molecular weight excluding hydrogens is 392 g/mol. The van der Waals surface area contributed by atoms with Gasteiger partial charge in [-0.2, -0.15) is 5.26 Å². The third kappa shape index (κ3) is 5.00. The van der Waals surface area contributed by atoms with Crippen molar-refractivity contribution in [1.29, 1.82) is 5.26 Å². The van der Waals surface area contributed by atoms with Crippen LogP contribution in [0.4, 0.5) is 11.4 Å². The van der Waals surface area contributed by atoms with Crippen LogP contribution in [0, 0.1) is 17.2 Å². The number of piperazine rings is 1. The van der Waals surface area contributed by atoms with E-state index in [0.29, 0.717) is 36.6 Å². The Balaban J connectivity index is 1.49. The maximum atomic E-state index is 12.9. The van der Waals surface area contributed by atoms with Crippen LogP contribution in [0.5, 0.6) is 0 Å². The standard InChI is InChI=1S/C23H30N6O2/c1-16(2)13-19(22(30)27-23(15-24)7-8-23)26-20-14-31-28-21(20)17-3-5-18(6-4-17)29-11-9-25-10-12-29/h3-6,14,16,19,25-26H,7-13H2,1-2H3,(H,27,30)/t19-/m0/s1. The third-order valence-corrected chi connectivity index (χ3v) is 5.87. The van der Waals surface area contributed by atoms with E-state index in [-0.39, 0.29) is 5.91 Å². The Morgan fingerprint density at radius 1 is 1.29 bits per heavy atom. The summed E-state index contributed by atoms with van der Waals surface area (Å²) in [6, 6.07) is 10.0. The SMILES string of the molecule is CC(C)C[C@H](Nc1conc1-c1ccc(N2CCNCC2)cc1)C(=O)NC1(C#N)CC1. The third-order valence-electron chi connectivity index (χ3n) is 5.87. The van der Waals surface area contributed by atoms with Crippen LogP contribution in [0.25, 0.3) is 11.3 Å². The Morgan fingerprint density at radius 2 is 2.00 bits per heavy atom. The molecular formula is C23H30N6O2. The van der Waals surface area contributed by atoms with Crippen LogP contribution in [0.2, 0.25) is 0 Å². The lowest BCUT2D eigenvalue weighted by Gasteiger charge is -2.29. The predicted molar refractivity (Wildman–Crippen MR) is 120 cm³/mol. The first-order valence-electron chi connectivity index (χ1n) is 11.0. The molecule has 8 heteroatoms. The fraction of sp³-hybridized carbons (Fsp3) is 0.522. The molecule has 4 rings (SSSR count). The molecule has 0 unspecified atom stereocenters. The molecule has 0 radical (unpaired) electrons. The highest BCUT2D eigenvalue weighted by Gasteiger charge is 2.45. The number of rotatable bonds is 8. The molecule has 1 aromatic heterocycles. The highest BCUT2D eigenvalue weighted by molar-refractivity contribution is 5.87. The lowest BCUT2D eigenvalue weighted by molar-refractivity contribution is -0.122. The smallest absolute Gasteiger partial charge is 0.243 e. The number of anilines is 2. The fourth-order valence-electron chi connectivity index (χ4n) is 3.90. The Labute approximate surface area is 183 Å². The van der Waals surface area contributed by atoms with E-state index >= 15 is 0 Å². The van der Waals surface area contributed by atoms with Crippen LogP contribution in [-0.2, 0) is 4.79 Å². The van der Waals surface area contributed by atoms with Gasteiger partial charge in [-0.3, -0.25) is 4.79 Å². The molecule has 3 N–H and O–H groups in total. The van der Waals surface area contributed by atoms with Crippen LogP contribution in [-0.4, -0.2) is 48.8 Å². The molecule has 2 fully saturated rings. The zero-order valence-corrected chi connectivity index (χ0v) is 18.1. The van der Waals surface area contributed by atoms with Crippen molar-refractivity contribution in [2.45, 2.75) is 44.7 Å². The molecule has 31 heavy (non-hydrogen) atoms. The van der Waals surface area contributed by atoms with Gasteiger partial charge in [0.2, 0.25) is 5.91 Å². The summed E-state index contributed by atoms with van der Waals surface area (Å²) in [5.74, 6) is 0.149. The summed E-state index contributed by atoms with van der Waals surface area (Å²) < 4.78 is 5.25. The number of amides is 1. The van der Waals surface area contributed by atoms with E-state index in [1.54, 1.807) is 0 Å². The zero-order valence-electron chi connectivity index (χ0n) is 18.1. The van der Waals surface area contributed by atoms with Gasteiger partial charge >= 0.3 is 0 Å². The molecule has 1 atom stereocenters. The molecule has 1 saturated carbocycles. The van der Waals surface area contributed by atoms with Crippen molar-refractivity contribution < 1.29 is 9.32 Å². The number of nitrogens with one attached hydrogen (secondary N) is 3. The van der Waals surface area contributed by atoms with Gasteiger partial charge in [0, 0.05) is 37.4 Å². The number of hydrogen-bond donors (Lipinski definition) is 3. The number of carbonyl (C=O) groups is 1. The number of nitrogens with zero attached hydrogens (tertiary/aromatic N) is 3. The highest BCUT2D eigenvalue weighted by atomic mass is 16.5. The second kappa shape index (κ2) is 8.98. The van der Waals surface area contributed by atoms with E-state index in [0.717, 1.165) is 31.7 Å². The van der Waals surface area contributed by atoms with E-state index in [2.05, 4.69) is 58.1 Å². The van der Waals surface area contributed by atoms with E-state index in [1.165, 1.54) is 12.0 Å². The first-order valence-corrected chi connectivity index (χ1v) is 11.0. The van der Waals surface area contributed by atoms with Crippen molar-refractivity contribution in [1.82, 2.24) is 15.8 Å². The van der Waals surface area contributed by atoms with Gasteiger partial charge in [0.15, 0.2) is 0 Å². The highest BCUT2D eigenvalue weighted by Crippen LogP contribution is 2.35. The summed E-state index contributed by atoms with van der Waals surface area (Å²) in [7, 11) is 0. The number of nitriles is 1. The molecule has 1 aromatic carbocycles. The number of carbonyl (C=O) groups excluding carboxylic acids is 1. The largest absolute Gasteiger partial charge is 0.369 e. The predicted octanol–water partition coefficient (Wildman–Crippen LogP) is 2.75. The topological polar surface area (TPSA) is 106 Å².